The molecule has 0 aliphatic carbocycles. The Kier molecular flexibility index (Phi) is 5.69. The first kappa shape index (κ1) is 20.3. The number of thioether (sulfide) groups is 1. The number of hydrogen-bond donors (Lipinski definition) is 2. The van der Waals surface area contributed by atoms with Crippen molar-refractivity contribution in [3.05, 3.63) is 75.1 Å². The Hall–Kier alpha value is -2.97. The number of nitrogens with zero attached hydrogens (tertiary/aromatic N) is 1. The number of H-pyrrole nitrogens is 1. The van der Waals surface area contributed by atoms with Crippen LogP contribution in [0.25, 0.3) is 21.3 Å². The average Bonchev–Trinajstić information content (AvgIpc) is 3.05. The van der Waals surface area contributed by atoms with Gasteiger partial charge in [-0.3, -0.25) is 9.59 Å². The van der Waals surface area contributed by atoms with Crippen molar-refractivity contribution in [3.63, 3.8) is 0 Å². The second-order valence-corrected chi connectivity index (χ2v) is 8.91. The quantitative estimate of drug-likeness (QED) is 0.334. The van der Waals surface area contributed by atoms with E-state index in [0.717, 1.165) is 27.3 Å². The highest BCUT2D eigenvalue weighted by Gasteiger charge is 2.17. The summed E-state index contributed by atoms with van der Waals surface area (Å²) in [6.45, 7) is 3.83. The molecule has 8 heteroatoms. The number of hydrogen-bond acceptors (Lipinski definition) is 5. The predicted molar refractivity (Wildman–Crippen MR) is 121 cm³/mol. The molecule has 30 heavy (non-hydrogen) atoms. The normalized spacial score (nSPS) is 11.0. The molecule has 0 aliphatic heterocycles. The van der Waals surface area contributed by atoms with E-state index in [2.05, 4.69) is 15.3 Å². The third kappa shape index (κ3) is 4.15. The minimum absolute atomic E-state index is 0.123. The van der Waals surface area contributed by atoms with Crippen LogP contribution in [0.3, 0.4) is 0 Å². The Morgan fingerprint density at radius 3 is 2.63 bits per heavy atom. The van der Waals surface area contributed by atoms with Crippen LogP contribution in [0.2, 0.25) is 0 Å². The van der Waals surface area contributed by atoms with E-state index in [4.69, 9.17) is 0 Å². The third-order valence-corrected chi connectivity index (χ3v) is 6.48. The highest BCUT2D eigenvalue weighted by Crippen LogP contribution is 2.36. The average molecular weight is 440 g/mol. The molecule has 0 aliphatic rings. The number of halogens is 1. The summed E-state index contributed by atoms with van der Waals surface area (Å²) in [7, 11) is 0. The number of aromatic nitrogens is 2. The summed E-state index contributed by atoms with van der Waals surface area (Å²) in [4.78, 5) is 33.9. The van der Waals surface area contributed by atoms with Crippen LogP contribution in [0, 0.1) is 19.7 Å². The van der Waals surface area contributed by atoms with Crippen molar-refractivity contribution in [2.45, 2.75) is 19.0 Å². The molecule has 4 aromatic rings. The van der Waals surface area contributed by atoms with Crippen molar-refractivity contribution >= 4 is 44.9 Å². The van der Waals surface area contributed by atoms with Crippen molar-refractivity contribution in [1.29, 1.82) is 0 Å². The van der Waals surface area contributed by atoms with E-state index >= 15 is 0 Å². The molecule has 2 N–H and O–H groups in total. The molecule has 5 nitrogen and oxygen atoms in total. The number of para-hydroxylation sites is 1. The molecular weight excluding hydrogens is 421 g/mol. The highest BCUT2D eigenvalue weighted by atomic mass is 32.2. The number of fused-ring (bicyclic) bond motifs is 1. The van der Waals surface area contributed by atoms with Gasteiger partial charge in [0.25, 0.3) is 5.56 Å². The number of thiophene rings is 1. The fourth-order valence-corrected chi connectivity index (χ4v) is 4.93. The van der Waals surface area contributed by atoms with Crippen LogP contribution in [0.4, 0.5) is 10.1 Å². The monoisotopic (exact) mass is 439 g/mol. The molecule has 0 radical (unpaired) electrons. The summed E-state index contributed by atoms with van der Waals surface area (Å²) in [6.07, 6.45) is 0. The molecule has 0 atom stereocenters. The van der Waals surface area contributed by atoms with E-state index < -0.39 is 0 Å². The molecule has 2 heterocycles. The van der Waals surface area contributed by atoms with Crippen LogP contribution in [-0.4, -0.2) is 21.6 Å². The molecule has 0 saturated heterocycles. The maximum atomic E-state index is 13.3. The van der Waals surface area contributed by atoms with Gasteiger partial charge in [0.2, 0.25) is 5.91 Å². The Labute approximate surface area is 180 Å². The van der Waals surface area contributed by atoms with Crippen molar-refractivity contribution in [3.8, 4) is 11.1 Å². The van der Waals surface area contributed by atoms with Gasteiger partial charge >= 0.3 is 0 Å². The van der Waals surface area contributed by atoms with E-state index in [9.17, 15) is 14.0 Å². The molecule has 2 aromatic heterocycles. The van der Waals surface area contributed by atoms with E-state index in [1.165, 1.54) is 35.2 Å². The first-order chi connectivity index (χ1) is 14.4. The smallest absolute Gasteiger partial charge is 0.260 e. The maximum Gasteiger partial charge on any atom is 0.260 e. The third-order valence-electron chi connectivity index (χ3n) is 4.61. The number of benzene rings is 2. The lowest BCUT2D eigenvalue weighted by Crippen LogP contribution is -2.16. The van der Waals surface area contributed by atoms with Crippen LogP contribution in [0.5, 0.6) is 0 Å². The molecule has 0 unspecified atom stereocenters. The zero-order valence-corrected chi connectivity index (χ0v) is 17.9. The van der Waals surface area contributed by atoms with Crippen LogP contribution >= 0.6 is 23.1 Å². The Balaban J connectivity index is 1.57. The van der Waals surface area contributed by atoms with Gasteiger partial charge in [-0.2, -0.15) is 0 Å². The van der Waals surface area contributed by atoms with E-state index in [-0.39, 0.29) is 23.0 Å². The molecule has 152 valence electrons. The second-order valence-electron chi connectivity index (χ2n) is 6.74. The largest absolute Gasteiger partial charge is 0.325 e. The molecule has 2 aromatic carbocycles. The summed E-state index contributed by atoms with van der Waals surface area (Å²) >= 11 is 2.58. The zero-order chi connectivity index (χ0) is 21.3. The lowest BCUT2D eigenvalue weighted by atomic mass is 10.0. The van der Waals surface area contributed by atoms with Gasteiger partial charge in [-0.25, -0.2) is 9.37 Å². The first-order valence-electron chi connectivity index (χ1n) is 9.20. The molecule has 0 fully saturated rings. The summed E-state index contributed by atoms with van der Waals surface area (Å²) in [5.41, 5.74) is 3.00. The molecule has 0 spiro atoms. The van der Waals surface area contributed by atoms with Gasteiger partial charge in [0.05, 0.1) is 11.1 Å². The van der Waals surface area contributed by atoms with Gasteiger partial charge in [-0.1, -0.05) is 42.1 Å². The predicted octanol–water partition coefficient (Wildman–Crippen LogP) is 5.14. The van der Waals surface area contributed by atoms with Crippen LogP contribution in [0.1, 0.15) is 10.4 Å². The second kappa shape index (κ2) is 8.41. The highest BCUT2D eigenvalue weighted by molar-refractivity contribution is 7.99. The number of carbonyl (C=O) groups excluding carboxylic acids is 1. The van der Waals surface area contributed by atoms with Gasteiger partial charge in [0, 0.05) is 16.1 Å². The fraction of sp³-hybridized carbons (Fsp3) is 0.136. The number of amides is 1. The van der Waals surface area contributed by atoms with Crippen LogP contribution < -0.4 is 10.9 Å². The van der Waals surface area contributed by atoms with E-state index in [0.29, 0.717) is 15.4 Å². The lowest BCUT2D eigenvalue weighted by Gasteiger charge is -2.07. The lowest BCUT2D eigenvalue weighted by molar-refractivity contribution is -0.113. The standard InChI is InChI=1S/C22H18FN3O2S2/c1-12-5-3-4-6-16(12)24-17(27)11-29-22-25-20(28)19-18(13(2)30-21(19)26-22)14-7-9-15(23)10-8-14/h3-10H,11H2,1-2H3,(H,24,27)(H,25,26,28). The van der Waals surface area contributed by atoms with Gasteiger partial charge < -0.3 is 10.3 Å². The topological polar surface area (TPSA) is 74.8 Å². The number of carbonyl (C=O) groups is 1. The van der Waals surface area contributed by atoms with Gasteiger partial charge in [-0.15, -0.1) is 11.3 Å². The SMILES string of the molecule is Cc1ccccc1NC(=O)CSc1nc2sc(C)c(-c3ccc(F)cc3)c2c(=O)[nH]1. The molecule has 1 amide bonds. The number of aromatic amines is 1. The van der Waals surface area contributed by atoms with Gasteiger partial charge in [0.15, 0.2) is 5.16 Å². The Bertz CT molecular complexity index is 1300. The van der Waals surface area contributed by atoms with Crippen LogP contribution in [0.15, 0.2) is 58.5 Å². The number of nitrogens with one attached hydrogen (secondary N) is 2. The maximum absolute atomic E-state index is 13.3. The number of aryl methyl sites for hydroxylation is 2. The number of anilines is 1. The Morgan fingerprint density at radius 1 is 1.17 bits per heavy atom. The van der Waals surface area contributed by atoms with Crippen molar-refractivity contribution in [1.82, 2.24) is 9.97 Å². The first-order valence-corrected chi connectivity index (χ1v) is 11.0. The van der Waals surface area contributed by atoms with Crippen molar-refractivity contribution < 1.29 is 9.18 Å². The van der Waals surface area contributed by atoms with Crippen LogP contribution in [-0.2, 0) is 4.79 Å². The molecule has 4 rings (SSSR count). The van der Waals surface area contributed by atoms with Gasteiger partial charge in [-0.05, 0) is 43.2 Å². The van der Waals surface area contributed by atoms with Crippen molar-refractivity contribution in [2.24, 2.45) is 0 Å². The van der Waals surface area contributed by atoms with E-state index in [1.807, 2.05) is 38.1 Å². The zero-order valence-electron chi connectivity index (χ0n) is 16.3. The fourth-order valence-electron chi connectivity index (χ4n) is 3.17. The summed E-state index contributed by atoms with van der Waals surface area (Å²) in [5, 5.41) is 3.74. The summed E-state index contributed by atoms with van der Waals surface area (Å²) in [6, 6.07) is 13.6. The minimum atomic E-state index is -0.328. The van der Waals surface area contributed by atoms with E-state index in [1.54, 1.807) is 12.1 Å². The van der Waals surface area contributed by atoms with Crippen molar-refractivity contribution in [2.75, 3.05) is 11.1 Å². The Morgan fingerprint density at radius 2 is 1.90 bits per heavy atom. The molecule has 0 saturated carbocycles. The summed E-state index contributed by atoms with van der Waals surface area (Å²) in [5.74, 6) is -0.380. The number of rotatable bonds is 5. The molecular formula is C22H18FN3O2S2. The minimum Gasteiger partial charge on any atom is -0.325 e. The van der Waals surface area contributed by atoms with Gasteiger partial charge in [0.1, 0.15) is 10.6 Å². The molecule has 0 bridgehead atoms. The summed E-state index contributed by atoms with van der Waals surface area (Å²) < 4.78 is 13.3.